The third kappa shape index (κ3) is 3.28. The van der Waals surface area contributed by atoms with Crippen LogP contribution in [0.3, 0.4) is 0 Å². The van der Waals surface area contributed by atoms with Gasteiger partial charge in [-0.25, -0.2) is 9.37 Å². The number of rotatable bonds is 4. The molecule has 3 aromatic rings. The topological polar surface area (TPSA) is 60.3 Å². The van der Waals surface area contributed by atoms with Crippen molar-refractivity contribution in [2.75, 3.05) is 11.4 Å². The first-order chi connectivity index (χ1) is 13.0. The third-order valence-corrected chi connectivity index (χ3v) is 4.53. The molecule has 1 aliphatic rings. The maximum atomic E-state index is 13.5. The van der Waals surface area contributed by atoms with E-state index in [0.29, 0.717) is 23.8 Å². The summed E-state index contributed by atoms with van der Waals surface area (Å²) in [5.74, 6) is 0.600. The molecule has 0 unspecified atom stereocenters. The van der Waals surface area contributed by atoms with Gasteiger partial charge in [0.05, 0.1) is 11.7 Å². The maximum absolute atomic E-state index is 13.5. The van der Waals surface area contributed by atoms with Crippen molar-refractivity contribution in [3.05, 3.63) is 71.4 Å². The van der Waals surface area contributed by atoms with Crippen LogP contribution in [0, 0.1) is 12.7 Å². The average molecular weight is 366 g/mol. The van der Waals surface area contributed by atoms with Crippen LogP contribution in [-0.4, -0.2) is 27.2 Å². The maximum Gasteiger partial charge on any atom is 0.277 e. The van der Waals surface area contributed by atoms with Crippen molar-refractivity contribution >= 4 is 11.7 Å². The van der Waals surface area contributed by atoms with E-state index in [4.69, 9.17) is 4.74 Å². The Kier molecular flexibility index (Phi) is 4.35. The van der Waals surface area contributed by atoms with Gasteiger partial charge in [-0.3, -0.25) is 14.4 Å². The van der Waals surface area contributed by atoms with E-state index in [1.54, 1.807) is 22.6 Å². The fourth-order valence-corrected chi connectivity index (χ4v) is 3.13. The molecule has 1 aliphatic heterocycles. The van der Waals surface area contributed by atoms with Crippen LogP contribution in [0.4, 0.5) is 10.2 Å². The Morgan fingerprint density at radius 3 is 2.74 bits per heavy atom. The molecule has 3 heterocycles. The first-order valence-electron chi connectivity index (χ1n) is 8.74. The summed E-state index contributed by atoms with van der Waals surface area (Å²) in [6, 6.07) is 14.0. The summed E-state index contributed by atoms with van der Waals surface area (Å²) in [5, 5.41) is 4.52. The van der Waals surface area contributed by atoms with Gasteiger partial charge in [0.25, 0.3) is 5.91 Å². The fraction of sp³-hybridized carbons (Fsp3) is 0.250. The normalized spacial score (nSPS) is 16.3. The molecule has 138 valence electrons. The second-order valence-electron chi connectivity index (χ2n) is 6.57. The van der Waals surface area contributed by atoms with Crippen molar-refractivity contribution in [1.29, 1.82) is 0 Å². The average Bonchev–Trinajstić information content (AvgIpc) is 3.11. The van der Waals surface area contributed by atoms with Gasteiger partial charge in [0, 0.05) is 6.54 Å². The van der Waals surface area contributed by atoms with E-state index in [2.05, 4.69) is 10.1 Å². The second-order valence-corrected chi connectivity index (χ2v) is 6.57. The Bertz CT molecular complexity index is 987. The standard InChI is InChI=1S/C20H19FN4O2/c1-13-11-24(19-9-8-17(21)14(2)22-19)20(26)18-10-15(23-25(13)18)12-27-16-6-4-3-5-7-16/h3-10,13H,11-12H2,1-2H3/t13-/m1/s1. The van der Waals surface area contributed by atoms with Crippen molar-refractivity contribution in [3.63, 3.8) is 0 Å². The molecule has 6 nitrogen and oxygen atoms in total. The van der Waals surface area contributed by atoms with Gasteiger partial charge < -0.3 is 4.74 Å². The molecule has 27 heavy (non-hydrogen) atoms. The number of benzene rings is 1. The van der Waals surface area contributed by atoms with Gasteiger partial charge in [0.1, 0.15) is 35.4 Å². The molecule has 1 aromatic carbocycles. The van der Waals surface area contributed by atoms with Gasteiger partial charge in [-0.15, -0.1) is 0 Å². The SMILES string of the molecule is Cc1nc(N2C[C@@H](C)n3nc(COc4ccccc4)cc3C2=O)ccc1F. The van der Waals surface area contributed by atoms with Crippen LogP contribution < -0.4 is 9.64 Å². The molecule has 1 atom stereocenters. The molecule has 0 saturated heterocycles. The Morgan fingerprint density at radius 1 is 1.22 bits per heavy atom. The lowest BCUT2D eigenvalue weighted by Gasteiger charge is -2.31. The Labute approximate surface area is 156 Å². The lowest BCUT2D eigenvalue weighted by atomic mass is 10.2. The molecule has 4 rings (SSSR count). The highest BCUT2D eigenvalue weighted by Crippen LogP contribution is 2.26. The van der Waals surface area contributed by atoms with E-state index in [1.807, 2.05) is 37.3 Å². The molecule has 0 N–H and O–H groups in total. The van der Waals surface area contributed by atoms with Crippen molar-refractivity contribution in [1.82, 2.24) is 14.8 Å². The number of fused-ring (bicyclic) bond motifs is 1. The highest BCUT2D eigenvalue weighted by molar-refractivity contribution is 6.05. The number of carbonyl (C=O) groups is 1. The van der Waals surface area contributed by atoms with E-state index in [0.717, 1.165) is 5.75 Å². The van der Waals surface area contributed by atoms with Gasteiger partial charge in [-0.1, -0.05) is 18.2 Å². The van der Waals surface area contributed by atoms with E-state index < -0.39 is 0 Å². The quantitative estimate of drug-likeness (QED) is 0.709. The highest BCUT2D eigenvalue weighted by Gasteiger charge is 2.32. The number of para-hydroxylation sites is 1. The molecule has 0 aliphatic carbocycles. The van der Waals surface area contributed by atoms with E-state index >= 15 is 0 Å². The number of aryl methyl sites for hydroxylation is 1. The van der Waals surface area contributed by atoms with Crippen molar-refractivity contribution in [3.8, 4) is 5.75 Å². The predicted molar refractivity (Wildman–Crippen MR) is 98.3 cm³/mol. The summed E-state index contributed by atoms with van der Waals surface area (Å²) < 4.78 is 21.0. The molecule has 0 spiro atoms. The number of ether oxygens (including phenoxy) is 1. The summed E-state index contributed by atoms with van der Waals surface area (Å²) in [6.45, 7) is 4.26. The third-order valence-electron chi connectivity index (χ3n) is 4.53. The number of amides is 1. The van der Waals surface area contributed by atoms with Crippen LogP contribution in [0.5, 0.6) is 5.75 Å². The summed E-state index contributed by atoms with van der Waals surface area (Å²) in [5.41, 5.74) is 1.42. The minimum absolute atomic E-state index is 0.0321. The number of hydrogen-bond donors (Lipinski definition) is 0. The minimum atomic E-state index is -0.387. The monoisotopic (exact) mass is 366 g/mol. The smallest absolute Gasteiger partial charge is 0.277 e. The molecule has 0 saturated carbocycles. The molecule has 0 fully saturated rings. The van der Waals surface area contributed by atoms with Crippen molar-refractivity contribution in [2.24, 2.45) is 0 Å². The predicted octanol–water partition coefficient (Wildman–Crippen LogP) is 3.53. The summed E-state index contributed by atoms with van der Waals surface area (Å²) in [7, 11) is 0. The number of pyridine rings is 1. The fourth-order valence-electron chi connectivity index (χ4n) is 3.13. The van der Waals surface area contributed by atoms with Crippen LogP contribution in [0.1, 0.15) is 34.8 Å². The minimum Gasteiger partial charge on any atom is -0.487 e. The summed E-state index contributed by atoms with van der Waals surface area (Å²) >= 11 is 0. The van der Waals surface area contributed by atoms with E-state index in [9.17, 15) is 9.18 Å². The van der Waals surface area contributed by atoms with Gasteiger partial charge in [0.15, 0.2) is 0 Å². The van der Waals surface area contributed by atoms with Crippen LogP contribution in [0.2, 0.25) is 0 Å². The number of hydrogen-bond acceptors (Lipinski definition) is 4. The second kappa shape index (κ2) is 6.83. The van der Waals surface area contributed by atoms with Crippen LogP contribution in [0.25, 0.3) is 0 Å². The number of halogens is 1. The largest absolute Gasteiger partial charge is 0.487 e. The Hall–Kier alpha value is -3.22. The molecule has 1 amide bonds. The van der Waals surface area contributed by atoms with E-state index in [1.165, 1.54) is 12.1 Å². The molecule has 0 radical (unpaired) electrons. The first kappa shape index (κ1) is 17.2. The molecular weight excluding hydrogens is 347 g/mol. The highest BCUT2D eigenvalue weighted by atomic mass is 19.1. The lowest BCUT2D eigenvalue weighted by molar-refractivity contribution is 0.0952. The molecule has 0 bridgehead atoms. The van der Waals surface area contributed by atoms with E-state index in [-0.39, 0.29) is 30.1 Å². The Morgan fingerprint density at radius 2 is 2.00 bits per heavy atom. The van der Waals surface area contributed by atoms with Gasteiger partial charge in [-0.05, 0) is 44.2 Å². The van der Waals surface area contributed by atoms with Crippen molar-refractivity contribution in [2.45, 2.75) is 26.5 Å². The number of anilines is 1. The summed E-state index contributed by atoms with van der Waals surface area (Å²) in [6.07, 6.45) is 0. The van der Waals surface area contributed by atoms with Gasteiger partial charge in [0.2, 0.25) is 0 Å². The Balaban J connectivity index is 1.58. The molecule has 7 heteroatoms. The number of aromatic nitrogens is 3. The summed E-state index contributed by atoms with van der Waals surface area (Å²) in [4.78, 5) is 18.7. The van der Waals surface area contributed by atoms with Crippen LogP contribution >= 0.6 is 0 Å². The zero-order valence-electron chi connectivity index (χ0n) is 15.1. The van der Waals surface area contributed by atoms with Crippen molar-refractivity contribution < 1.29 is 13.9 Å². The zero-order chi connectivity index (χ0) is 19.0. The first-order valence-corrected chi connectivity index (χ1v) is 8.74. The van der Waals surface area contributed by atoms with Crippen LogP contribution in [0.15, 0.2) is 48.5 Å². The zero-order valence-corrected chi connectivity index (χ0v) is 15.1. The number of nitrogens with zero attached hydrogens (tertiary/aromatic N) is 4. The van der Waals surface area contributed by atoms with Gasteiger partial charge >= 0.3 is 0 Å². The lowest BCUT2D eigenvalue weighted by Crippen LogP contribution is -2.43. The van der Waals surface area contributed by atoms with Gasteiger partial charge in [-0.2, -0.15) is 5.10 Å². The molecule has 2 aromatic heterocycles. The number of carbonyl (C=O) groups excluding carboxylic acids is 1. The molecular formula is C20H19FN4O2. The van der Waals surface area contributed by atoms with Crippen LogP contribution in [-0.2, 0) is 6.61 Å².